The zero-order valence-electron chi connectivity index (χ0n) is 8.11. The predicted octanol–water partition coefficient (Wildman–Crippen LogP) is 3.81. The molecule has 1 aromatic heterocycles. The second-order valence-corrected chi connectivity index (χ2v) is 5.75. The molecule has 1 aromatic carbocycles. The van der Waals surface area contributed by atoms with Gasteiger partial charge in [-0.3, -0.25) is 0 Å². The van der Waals surface area contributed by atoms with E-state index in [1.54, 1.807) is 18.3 Å². The molecule has 0 radical (unpaired) electrons. The summed E-state index contributed by atoms with van der Waals surface area (Å²) in [5.41, 5.74) is 6.02. The molecule has 0 aliphatic rings. The smallest absolute Gasteiger partial charge is 0.181 e. The van der Waals surface area contributed by atoms with Gasteiger partial charge in [-0.15, -0.1) is 11.8 Å². The highest BCUT2D eigenvalue weighted by atomic mass is 35.5. The zero-order valence-corrected chi connectivity index (χ0v) is 10.5. The number of benzene rings is 1. The van der Waals surface area contributed by atoms with Crippen molar-refractivity contribution in [3.05, 3.63) is 40.8 Å². The average molecular weight is 275 g/mol. The maximum Gasteiger partial charge on any atom is 0.181 e. The number of rotatable bonds is 3. The van der Waals surface area contributed by atoms with Gasteiger partial charge in [0, 0.05) is 16.3 Å². The van der Waals surface area contributed by atoms with Crippen LogP contribution in [-0.2, 0) is 5.75 Å². The molecule has 0 bridgehead atoms. The summed E-state index contributed by atoms with van der Waals surface area (Å²) in [6.45, 7) is 0. The van der Waals surface area contributed by atoms with Gasteiger partial charge in [-0.2, -0.15) is 0 Å². The second-order valence-electron chi connectivity index (χ2n) is 3.01. The van der Waals surface area contributed by atoms with Gasteiger partial charge in [-0.1, -0.05) is 29.0 Å². The number of nitrogen functional groups attached to an aromatic ring is 1. The van der Waals surface area contributed by atoms with Gasteiger partial charge in [0.25, 0.3) is 0 Å². The lowest BCUT2D eigenvalue weighted by Gasteiger charge is -2.03. The molecule has 0 atom stereocenters. The highest BCUT2D eigenvalue weighted by Crippen LogP contribution is 2.32. The summed E-state index contributed by atoms with van der Waals surface area (Å²) in [5.74, 6) is 0.199. The lowest BCUT2D eigenvalue weighted by molar-refractivity contribution is 0.617. The van der Waals surface area contributed by atoms with E-state index in [1.807, 2.05) is 0 Å². The molecular weight excluding hydrogens is 267 g/mol. The fourth-order valence-corrected chi connectivity index (χ4v) is 3.25. The van der Waals surface area contributed by atoms with E-state index in [9.17, 15) is 4.39 Å². The molecule has 0 unspecified atom stereocenters. The van der Waals surface area contributed by atoms with Crippen molar-refractivity contribution in [3.8, 4) is 0 Å². The molecule has 6 heteroatoms. The van der Waals surface area contributed by atoms with E-state index >= 15 is 0 Å². The van der Waals surface area contributed by atoms with E-state index in [-0.39, 0.29) is 5.82 Å². The Morgan fingerprint density at radius 3 is 2.94 bits per heavy atom. The Morgan fingerprint density at radius 2 is 2.31 bits per heavy atom. The molecular formula is C10H8ClFN2S2. The molecule has 1 heterocycles. The van der Waals surface area contributed by atoms with Crippen molar-refractivity contribution in [2.24, 2.45) is 0 Å². The Bertz CT molecular complexity index is 481. The van der Waals surface area contributed by atoms with Crippen LogP contribution in [-0.4, -0.2) is 4.98 Å². The number of hydrogen-bond acceptors (Lipinski definition) is 4. The highest BCUT2D eigenvalue weighted by molar-refractivity contribution is 8.00. The number of thioether (sulfide) groups is 1. The molecule has 0 spiro atoms. The number of halogens is 2. The average Bonchev–Trinajstić information content (AvgIpc) is 2.63. The van der Waals surface area contributed by atoms with Crippen LogP contribution in [0.25, 0.3) is 0 Å². The van der Waals surface area contributed by atoms with Crippen molar-refractivity contribution >= 4 is 39.8 Å². The first-order valence-corrected chi connectivity index (χ1v) is 6.62. The van der Waals surface area contributed by atoms with Crippen LogP contribution in [0.5, 0.6) is 0 Å². The van der Waals surface area contributed by atoms with Crippen LogP contribution in [0.2, 0.25) is 5.02 Å². The molecule has 0 aliphatic heterocycles. The lowest BCUT2D eigenvalue weighted by Crippen LogP contribution is -1.88. The summed E-state index contributed by atoms with van der Waals surface area (Å²) >= 11 is 8.77. The molecule has 0 amide bonds. The Balaban J connectivity index is 2.10. The SMILES string of the molecule is Nc1ncc(SCc2c(F)cccc2Cl)s1. The van der Waals surface area contributed by atoms with Crippen molar-refractivity contribution in [2.45, 2.75) is 9.96 Å². The second kappa shape index (κ2) is 5.03. The molecule has 2 aromatic rings. The zero-order chi connectivity index (χ0) is 11.5. The standard InChI is InChI=1S/C10H8ClFN2S2/c11-7-2-1-3-8(12)6(7)5-15-9-4-14-10(13)16-9/h1-4H,5H2,(H2,13,14). The van der Waals surface area contributed by atoms with Gasteiger partial charge in [0.2, 0.25) is 0 Å². The molecule has 2 N–H and O–H groups in total. The van der Waals surface area contributed by atoms with Gasteiger partial charge in [-0.05, 0) is 12.1 Å². The molecule has 2 nitrogen and oxygen atoms in total. The van der Waals surface area contributed by atoms with Gasteiger partial charge < -0.3 is 5.73 Å². The largest absolute Gasteiger partial charge is 0.375 e. The molecule has 0 aliphatic carbocycles. The van der Waals surface area contributed by atoms with Gasteiger partial charge in [0.1, 0.15) is 5.82 Å². The normalized spacial score (nSPS) is 10.6. The number of nitrogens with zero attached hydrogens (tertiary/aromatic N) is 1. The van der Waals surface area contributed by atoms with Crippen LogP contribution in [0.3, 0.4) is 0 Å². The number of anilines is 1. The Hall–Kier alpha value is -0.780. The summed E-state index contributed by atoms with van der Waals surface area (Å²) in [4.78, 5) is 3.92. The number of hydrogen-bond donors (Lipinski definition) is 1. The van der Waals surface area contributed by atoms with E-state index in [1.165, 1.54) is 29.2 Å². The molecule has 84 valence electrons. The van der Waals surface area contributed by atoms with E-state index in [2.05, 4.69) is 4.98 Å². The van der Waals surface area contributed by atoms with Gasteiger partial charge in [0.05, 0.1) is 10.4 Å². The number of thiazole rings is 1. The fraction of sp³-hybridized carbons (Fsp3) is 0.100. The minimum atomic E-state index is -0.280. The van der Waals surface area contributed by atoms with Crippen LogP contribution < -0.4 is 5.73 Å². The Kier molecular flexibility index (Phi) is 3.68. The van der Waals surface area contributed by atoms with Crippen LogP contribution in [0, 0.1) is 5.82 Å². The van der Waals surface area contributed by atoms with Crippen molar-refractivity contribution in [1.82, 2.24) is 4.98 Å². The van der Waals surface area contributed by atoms with Gasteiger partial charge >= 0.3 is 0 Å². The van der Waals surface area contributed by atoms with Crippen molar-refractivity contribution < 1.29 is 4.39 Å². The van der Waals surface area contributed by atoms with Crippen LogP contribution in [0.15, 0.2) is 28.6 Å². The number of nitrogens with two attached hydrogens (primary N) is 1. The third kappa shape index (κ3) is 2.66. The van der Waals surface area contributed by atoms with E-state index in [0.717, 1.165) is 4.21 Å². The monoisotopic (exact) mass is 274 g/mol. The lowest BCUT2D eigenvalue weighted by atomic mass is 10.2. The van der Waals surface area contributed by atoms with Gasteiger partial charge in [-0.25, -0.2) is 9.37 Å². The minimum Gasteiger partial charge on any atom is -0.375 e. The summed E-state index contributed by atoms with van der Waals surface area (Å²) < 4.78 is 14.4. The topological polar surface area (TPSA) is 38.9 Å². The molecule has 2 rings (SSSR count). The minimum absolute atomic E-state index is 0.280. The quantitative estimate of drug-likeness (QED) is 0.865. The van der Waals surface area contributed by atoms with Crippen molar-refractivity contribution in [1.29, 1.82) is 0 Å². The first-order valence-electron chi connectivity index (χ1n) is 4.44. The molecule has 16 heavy (non-hydrogen) atoms. The molecule has 0 fully saturated rings. The van der Waals surface area contributed by atoms with E-state index < -0.39 is 0 Å². The van der Waals surface area contributed by atoms with Crippen LogP contribution in [0.1, 0.15) is 5.56 Å². The fourth-order valence-electron chi connectivity index (χ4n) is 1.15. The third-order valence-corrected chi connectivity index (χ3v) is 4.32. The van der Waals surface area contributed by atoms with E-state index in [0.29, 0.717) is 21.5 Å². The van der Waals surface area contributed by atoms with Crippen molar-refractivity contribution in [2.75, 3.05) is 5.73 Å². The molecule has 0 saturated heterocycles. The first kappa shape index (κ1) is 11.7. The Labute approximate surface area is 106 Å². The summed E-state index contributed by atoms with van der Waals surface area (Å²) in [5, 5.41) is 0.965. The third-order valence-electron chi connectivity index (χ3n) is 1.92. The van der Waals surface area contributed by atoms with Crippen LogP contribution in [0.4, 0.5) is 9.52 Å². The summed E-state index contributed by atoms with van der Waals surface area (Å²) in [6, 6.07) is 4.68. The first-order chi connectivity index (χ1) is 7.66. The molecule has 0 saturated carbocycles. The summed E-state index contributed by atoms with van der Waals surface area (Å²) in [7, 11) is 0. The van der Waals surface area contributed by atoms with Crippen LogP contribution >= 0.6 is 34.7 Å². The maximum absolute atomic E-state index is 13.4. The maximum atomic E-state index is 13.4. The number of aromatic nitrogens is 1. The Morgan fingerprint density at radius 1 is 1.50 bits per heavy atom. The highest BCUT2D eigenvalue weighted by Gasteiger charge is 2.08. The van der Waals surface area contributed by atoms with E-state index in [4.69, 9.17) is 17.3 Å². The summed E-state index contributed by atoms with van der Waals surface area (Å²) in [6.07, 6.45) is 1.68. The van der Waals surface area contributed by atoms with Crippen molar-refractivity contribution in [3.63, 3.8) is 0 Å². The van der Waals surface area contributed by atoms with Gasteiger partial charge in [0.15, 0.2) is 5.13 Å². The predicted molar refractivity (Wildman–Crippen MR) is 67.5 cm³/mol.